The van der Waals surface area contributed by atoms with Crippen LogP contribution in [-0.4, -0.2) is 61.9 Å². The molecule has 3 heterocycles. The molecule has 112 valence electrons. The second kappa shape index (κ2) is 4.76. The summed E-state index contributed by atoms with van der Waals surface area (Å²) in [7, 11) is 0. The molecule has 0 aromatic carbocycles. The van der Waals surface area contributed by atoms with Crippen LogP contribution in [0.3, 0.4) is 0 Å². The lowest BCUT2D eigenvalue weighted by Crippen LogP contribution is -2.71. The maximum Gasteiger partial charge on any atom is 0.315 e. The summed E-state index contributed by atoms with van der Waals surface area (Å²) in [5.41, 5.74) is -0.292. The Balaban J connectivity index is 1.49. The van der Waals surface area contributed by atoms with E-state index in [1.54, 1.807) is 4.90 Å². The van der Waals surface area contributed by atoms with Crippen molar-refractivity contribution in [1.82, 2.24) is 18.5 Å². The highest BCUT2D eigenvalue weighted by Crippen LogP contribution is 2.34. The van der Waals surface area contributed by atoms with Crippen LogP contribution in [0.1, 0.15) is 13.8 Å². The van der Waals surface area contributed by atoms with E-state index in [-0.39, 0.29) is 23.2 Å². The number of carbonyl (C=O) groups is 3. The molecule has 2 saturated heterocycles. The maximum absolute atomic E-state index is 11.9. The zero-order chi connectivity index (χ0) is 15.2. The van der Waals surface area contributed by atoms with Crippen LogP contribution in [0.5, 0.6) is 0 Å². The number of aromatic nitrogens is 2. The SMILES string of the molecule is CC1(C)CN(C2CN(C(=O)C(=O)Nc3cnsn3)C2)C1=O. The molecule has 2 aliphatic heterocycles. The largest absolute Gasteiger partial charge is 0.335 e. The molecule has 0 spiro atoms. The minimum atomic E-state index is -0.726. The topological polar surface area (TPSA) is 95.5 Å². The third-order valence-corrected chi connectivity index (χ3v) is 4.27. The highest BCUT2D eigenvalue weighted by atomic mass is 32.1. The van der Waals surface area contributed by atoms with Crippen LogP contribution < -0.4 is 5.32 Å². The minimum Gasteiger partial charge on any atom is -0.335 e. The van der Waals surface area contributed by atoms with Crippen LogP contribution in [0.15, 0.2) is 6.20 Å². The summed E-state index contributed by atoms with van der Waals surface area (Å²) < 4.78 is 7.54. The van der Waals surface area contributed by atoms with Crippen molar-refractivity contribution in [3.8, 4) is 0 Å². The van der Waals surface area contributed by atoms with Crippen molar-refractivity contribution in [3.63, 3.8) is 0 Å². The number of likely N-dealkylation sites (tertiary alicyclic amines) is 2. The number of carbonyl (C=O) groups excluding carboxylic acids is 3. The maximum atomic E-state index is 11.9. The van der Waals surface area contributed by atoms with E-state index in [0.717, 1.165) is 11.7 Å². The normalized spacial score (nSPS) is 20.8. The fraction of sp³-hybridized carbons (Fsp3) is 0.583. The number of nitrogens with zero attached hydrogens (tertiary/aromatic N) is 4. The summed E-state index contributed by atoms with van der Waals surface area (Å²) in [6.07, 6.45) is 1.38. The smallest absolute Gasteiger partial charge is 0.315 e. The van der Waals surface area contributed by atoms with Crippen LogP contribution in [0, 0.1) is 5.41 Å². The number of hydrogen-bond acceptors (Lipinski definition) is 6. The zero-order valence-electron chi connectivity index (χ0n) is 11.7. The van der Waals surface area contributed by atoms with Crippen molar-refractivity contribution in [2.24, 2.45) is 5.41 Å². The van der Waals surface area contributed by atoms with E-state index in [2.05, 4.69) is 14.1 Å². The summed E-state index contributed by atoms with van der Waals surface area (Å²) in [5.74, 6) is -0.949. The Labute approximate surface area is 125 Å². The van der Waals surface area contributed by atoms with E-state index < -0.39 is 11.8 Å². The summed E-state index contributed by atoms with van der Waals surface area (Å²) >= 11 is 0.953. The van der Waals surface area contributed by atoms with Crippen molar-refractivity contribution in [2.75, 3.05) is 25.0 Å². The molecule has 8 nitrogen and oxygen atoms in total. The number of hydrogen-bond donors (Lipinski definition) is 1. The van der Waals surface area contributed by atoms with Gasteiger partial charge in [-0.15, -0.1) is 0 Å². The predicted octanol–water partition coefficient (Wildman–Crippen LogP) is -0.444. The highest BCUT2D eigenvalue weighted by molar-refractivity contribution is 6.99. The Kier molecular flexibility index (Phi) is 3.16. The van der Waals surface area contributed by atoms with E-state index in [1.165, 1.54) is 11.1 Å². The lowest BCUT2D eigenvalue weighted by molar-refractivity contribution is -0.170. The molecule has 1 N–H and O–H groups in total. The highest BCUT2D eigenvalue weighted by Gasteiger charge is 2.50. The van der Waals surface area contributed by atoms with Gasteiger partial charge in [0.25, 0.3) is 0 Å². The van der Waals surface area contributed by atoms with Gasteiger partial charge in [0.1, 0.15) is 0 Å². The summed E-state index contributed by atoms with van der Waals surface area (Å²) in [6.45, 7) is 5.33. The lowest BCUT2D eigenvalue weighted by Gasteiger charge is -2.54. The van der Waals surface area contributed by atoms with Crippen LogP contribution >= 0.6 is 11.7 Å². The molecule has 0 unspecified atom stereocenters. The Bertz CT molecular complexity index is 594. The Morgan fingerprint density at radius 3 is 2.67 bits per heavy atom. The molecule has 0 radical (unpaired) electrons. The molecule has 0 atom stereocenters. The van der Waals surface area contributed by atoms with Gasteiger partial charge in [-0.1, -0.05) is 0 Å². The molecule has 1 aromatic heterocycles. The first-order valence-corrected chi connectivity index (χ1v) is 7.30. The quantitative estimate of drug-likeness (QED) is 0.590. The number of anilines is 1. The molecule has 21 heavy (non-hydrogen) atoms. The van der Waals surface area contributed by atoms with Gasteiger partial charge in [0.15, 0.2) is 5.82 Å². The van der Waals surface area contributed by atoms with Crippen molar-refractivity contribution in [1.29, 1.82) is 0 Å². The van der Waals surface area contributed by atoms with E-state index in [9.17, 15) is 14.4 Å². The summed E-state index contributed by atoms with van der Waals surface area (Å²) in [5, 5.41) is 2.39. The second-order valence-electron chi connectivity index (χ2n) is 5.93. The van der Waals surface area contributed by atoms with Crippen LogP contribution in [0.2, 0.25) is 0 Å². The third-order valence-electron chi connectivity index (χ3n) is 3.79. The monoisotopic (exact) mass is 309 g/mol. The third kappa shape index (κ3) is 2.37. The number of rotatable bonds is 2. The average molecular weight is 309 g/mol. The van der Waals surface area contributed by atoms with Crippen molar-refractivity contribution in [3.05, 3.63) is 6.20 Å². The summed E-state index contributed by atoms with van der Waals surface area (Å²) in [4.78, 5) is 38.7. The van der Waals surface area contributed by atoms with Gasteiger partial charge >= 0.3 is 11.8 Å². The van der Waals surface area contributed by atoms with E-state index in [1.807, 2.05) is 13.8 Å². The van der Waals surface area contributed by atoms with Crippen LogP contribution in [0.4, 0.5) is 5.82 Å². The Morgan fingerprint density at radius 1 is 1.43 bits per heavy atom. The average Bonchev–Trinajstić information content (AvgIpc) is 2.88. The van der Waals surface area contributed by atoms with Gasteiger partial charge in [-0.3, -0.25) is 14.4 Å². The van der Waals surface area contributed by atoms with Gasteiger partial charge in [0.2, 0.25) is 5.91 Å². The standard InChI is InChI=1S/C12H15N5O3S/c1-12(2)6-17(11(12)20)7-4-16(5-7)10(19)9(18)14-8-3-13-21-15-8/h3,7H,4-6H2,1-2H3,(H,14,15,18). The minimum absolute atomic E-state index is 0.0308. The van der Waals surface area contributed by atoms with Gasteiger partial charge in [-0.05, 0) is 13.8 Å². The summed E-state index contributed by atoms with van der Waals surface area (Å²) in [6, 6.07) is 0.0308. The number of β-lactam (4-membered cyclic amide) rings is 1. The van der Waals surface area contributed by atoms with Gasteiger partial charge in [-0.25, -0.2) is 0 Å². The first-order valence-electron chi connectivity index (χ1n) is 6.57. The molecule has 2 aliphatic rings. The van der Waals surface area contributed by atoms with Crippen LogP contribution in [-0.2, 0) is 14.4 Å². The van der Waals surface area contributed by atoms with Gasteiger partial charge in [0, 0.05) is 19.6 Å². The predicted molar refractivity (Wildman–Crippen MR) is 74.4 cm³/mol. The van der Waals surface area contributed by atoms with E-state index >= 15 is 0 Å². The molecule has 2 fully saturated rings. The van der Waals surface area contributed by atoms with E-state index in [0.29, 0.717) is 19.6 Å². The Hall–Kier alpha value is -2.03. The van der Waals surface area contributed by atoms with Crippen LogP contribution in [0.25, 0.3) is 0 Å². The fourth-order valence-corrected chi connectivity index (χ4v) is 2.88. The zero-order valence-corrected chi connectivity index (χ0v) is 12.5. The van der Waals surface area contributed by atoms with Crippen molar-refractivity contribution >= 4 is 35.3 Å². The molecule has 3 amide bonds. The lowest BCUT2D eigenvalue weighted by atomic mass is 9.81. The second-order valence-corrected chi connectivity index (χ2v) is 6.48. The fourth-order valence-electron chi connectivity index (χ4n) is 2.51. The number of nitrogens with one attached hydrogen (secondary N) is 1. The Morgan fingerprint density at radius 2 is 2.14 bits per heavy atom. The van der Waals surface area contributed by atoms with Gasteiger partial charge < -0.3 is 15.1 Å². The number of amides is 3. The van der Waals surface area contributed by atoms with Gasteiger partial charge in [0.05, 0.1) is 29.4 Å². The molecule has 0 saturated carbocycles. The molecule has 0 bridgehead atoms. The molecule has 3 rings (SSSR count). The molecular weight excluding hydrogens is 294 g/mol. The first-order chi connectivity index (χ1) is 9.88. The molecule has 0 aliphatic carbocycles. The molecule has 1 aromatic rings. The van der Waals surface area contributed by atoms with Gasteiger partial charge in [-0.2, -0.15) is 8.75 Å². The molecular formula is C12H15N5O3S. The molecule has 9 heteroatoms. The van der Waals surface area contributed by atoms with Crippen molar-refractivity contribution < 1.29 is 14.4 Å². The van der Waals surface area contributed by atoms with E-state index in [4.69, 9.17) is 0 Å². The first kappa shape index (κ1) is 13.9. The van der Waals surface area contributed by atoms with Crippen molar-refractivity contribution in [2.45, 2.75) is 19.9 Å².